The Morgan fingerprint density at radius 2 is 2.13 bits per heavy atom. The number of anilines is 1. The summed E-state index contributed by atoms with van der Waals surface area (Å²) < 4.78 is 5.79. The third-order valence-corrected chi connectivity index (χ3v) is 2.48. The van der Waals surface area contributed by atoms with E-state index < -0.39 is 0 Å². The van der Waals surface area contributed by atoms with Gasteiger partial charge in [-0.05, 0) is 24.6 Å². The summed E-state index contributed by atoms with van der Waals surface area (Å²) in [7, 11) is 0. The van der Waals surface area contributed by atoms with Gasteiger partial charge in [-0.1, -0.05) is 30.4 Å². The van der Waals surface area contributed by atoms with Crippen molar-refractivity contribution in [3.05, 3.63) is 60.0 Å². The highest BCUT2D eigenvalue weighted by atomic mass is 16.5. The summed E-state index contributed by atoms with van der Waals surface area (Å²) in [5, 5.41) is 3.37. The van der Waals surface area contributed by atoms with Crippen LogP contribution in [0.2, 0.25) is 0 Å². The summed E-state index contributed by atoms with van der Waals surface area (Å²) >= 11 is 0. The minimum Gasteiger partial charge on any atom is -0.453 e. The van der Waals surface area contributed by atoms with Gasteiger partial charge in [0.15, 0.2) is 11.5 Å². The topological polar surface area (TPSA) is 21.3 Å². The van der Waals surface area contributed by atoms with Gasteiger partial charge >= 0.3 is 0 Å². The highest BCUT2D eigenvalue weighted by Gasteiger charge is 2.17. The fourth-order valence-corrected chi connectivity index (χ4v) is 1.73. The van der Waals surface area contributed by atoms with Crippen LogP contribution in [-0.2, 0) is 0 Å². The van der Waals surface area contributed by atoms with E-state index in [1.54, 1.807) is 0 Å². The number of ether oxygens (including phenoxy) is 1. The predicted molar refractivity (Wildman–Crippen MR) is 60.6 cm³/mol. The second-order valence-corrected chi connectivity index (χ2v) is 3.54. The zero-order valence-corrected chi connectivity index (χ0v) is 8.23. The maximum atomic E-state index is 5.79. The number of benzene rings is 1. The smallest absolute Gasteiger partial charge is 0.150 e. The lowest BCUT2D eigenvalue weighted by Gasteiger charge is -2.23. The van der Waals surface area contributed by atoms with E-state index in [2.05, 4.69) is 17.5 Å². The molecule has 15 heavy (non-hydrogen) atoms. The lowest BCUT2D eigenvalue weighted by molar-refractivity contribution is 0.430. The molecule has 1 aromatic rings. The van der Waals surface area contributed by atoms with Crippen molar-refractivity contribution < 1.29 is 4.74 Å². The van der Waals surface area contributed by atoms with E-state index in [0.29, 0.717) is 0 Å². The molecule has 0 atom stereocenters. The molecule has 0 fully saturated rings. The summed E-state index contributed by atoms with van der Waals surface area (Å²) in [4.78, 5) is 0. The number of hydrogen-bond acceptors (Lipinski definition) is 2. The van der Waals surface area contributed by atoms with Gasteiger partial charge in [-0.15, -0.1) is 0 Å². The minimum atomic E-state index is 0.885. The van der Waals surface area contributed by atoms with Gasteiger partial charge in [0, 0.05) is 0 Å². The number of rotatable bonds is 0. The molecule has 0 saturated heterocycles. The van der Waals surface area contributed by atoms with Crippen LogP contribution in [0, 0.1) is 0 Å². The molecule has 0 unspecified atom stereocenters. The molecule has 0 aromatic heterocycles. The van der Waals surface area contributed by atoms with E-state index in [1.807, 2.05) is 36.4 Å². The zero-order chi connectivity index (χ0) is 10.1. The Bertz CT molecular complexity index is 483. The van der Waals surface area contributed by atoms with Crippen LogP contribution in [0.5, 0.6) is 5.75 Å². The minimum absolute atomic E-state index is 0.885. The van der Waals surface area contributed by atoms with Crippen LogP contribution in [0.1, 0.15) is 6.42 Å². The molecule has 3 rings (SSSR count). The third kappa shape index (κ3) is 1.44. The highest BCUT2D eigenvalue weighted by Crippen LogP contribution is 2.34. The number of allylic oxidation sites excluding steroid dienone is 4. The quantitative estimate of drug-likeness (QED) is 0.689. The van der Waals surface area contributed by atoms with Crippen LogP contribution >= 0.6 is 0 Å². The van der Waals surface area contributed by atoms with Crippen molar-refractivity contribution >= 4 is 5.69 Å². The molecule has 2 aliphatic rings. The Labute approximate surface area is 88.6 Å². The van der Waals surface area contributed by atoms with Crippen LogP contribution in [0.15, 0.2) is 60.0 Å². The molecule has 1 aromatic carbocycles. The van der Waals surface area contributed by atoms with Gasteiger partial charge in [-0.2, -0.15) is 0 Å². The maximum absolute atomic E-state index is 5.79. The van der Waals surface area contributed by atoms with Crippen molar-refractivity contribution in [2.75, 3.05) is 5.32 Å². The summed E-state index contributed by atoms with van der Waals surface area (Å²) in [6, 6.07) is 7.96. The van der Waals surface area contributed by atoms with Crippen molar-refractivity contribution in [3.8, 4) is 5.75 Å². The van der Waals surface area contributed by atoms with Crippen molar-refractivity contribution in [1.29, 1.82) is 0 Å². The van der Waals surface area contributed by atoms with Crippen molar-refractivity contribution in [2.24, 2.45) is 0 Å². The number of hydrogen-bond donors (Lipinski definition) is 1. The largest absolute Gasteiger partial charge is 0.453 e. The normalized spacial score (nSPS) is 17.3. The molecule has 0 bridgehead atoms. The first-order valence-corrected chi connectivity index (χ1v) is 5.05. The van der Waals surface area contributed by atoms with Crippen LogP contribution in [0.3, 0.4) is 0 Å². The molecule has 0 spiro atoms. The third-order valence-electron chi connectivity index (χ3n) is 2.48. The molecule has 0 radical (unpaired) electrons. The van der Waals surface area contributed by atoms with Crippen molar-refractivity contribution in [2.45, 2.75) is 6.42 Å². The number of nitrogens with one attached hydrogen (secondary N) is 1. The predicted octanol–water partition coefficient (Wildman–Crippen LogP) is 3.22. The van der Waals surface area contributed by atoms with Gasteiger partial charge in [0.25, 0.3) is 0 Å². The summed E-state index contributed by atoms with van der Waals surface area (Å²) in [6.07, 6.45) is 9.18. The number of para-hydroxylation sites is 2. The van der Waals surface area contributed by atoms with E-state index in [9.17, 15) is 0 Å². The fraction of sp³-hybridized carbons (Fsp3) is 0.0769. The molecular formula is C13H11NO. The number of fused-ring (bicyclic) bond motifs is 2. The van der Waals surface area contributed by atoms with Gasteiger partial charge in [-0.25, -0.2) is 0 Å². The first kappa shape index (κ1) is 8.36. The van der Waals surface area contributed by atoms with Gasteiger partial charge in [0.2, 0.25) is 0 Å². The molecule has 1 N–H and O–H groups in total. The average Bonchev–Trinajstić information content (AvgIpc) is 2.50. The van der Waals surface area contributed by atoms with Gasteiger partial charge in [-0.3, -0.25) is 0 Å². The van der Waals surface area contributed by atoms with Crippen LogP contribution in [0.25, 0.3) is 0 Å². The first-order chi connectivity index (χ1) is 7.43. The molecule has 1 aliphatic carbocycles. The van der Waals surface area contributed by atoms with E-state index >= 15 is 0 Å². The van der Waals surface area contributed by atoms with Crippen LogP contribution in [-0.4, -0.2) is 0 Å². The second-order valence-electron chi connectivity index (χ2n) is 3.54. The SMILES string of the molecule is C1=CCC=C2Nc3ccccc3OC2=C1. The lowest BCUT2D eigenvalue weighted by atomic mass is 10.2. The van der Waals surface area contributed by atoms with Gasteiger partial charge in [0.05, 0.1) is 11.4 Å². The lowest BCUT2D eigenvalue weighted by Crippen LogP contribution is -2.14. The van der Waals surface area contributed by atoms with E-state index in [4.69, 9.17) is 4.74 Å². The summed E-state index contributed by atoms with van der Waals surface area (Å²) in [5.74, 6) is 1.78. The highest BCUT2D eigenvalue weighted by molar-refractivity contribution is 5.66. The monoisotopic (exact) mass is 197 g/mol. The maximum Gasteiger partial charge on any atom is 0.150 e. The van der Waals surface area contributed by atoms with Crippen molar-refractivity contribution in [1.82, 2.24) is 0 Å². The van der Waals surface area contributed by atoms with Crippen LogP contribution < -0.4 is 10.1 Å². The standard InChI is InChI=1S/C13H11NO/c1-2-6-10-12(8-3-1)15-13-9-5-4-7-11(13)14-10/h1,3-9,14H,2H2. The molecule has 1 heterocycles. The zero-order valence-electron chi connectivity index (χ0n) is 8.23. The molecule has 0 saturated carbocycles. The van der Waals surface area contributed by atoms with Crippen LogP contribution in [0.4, 0.5) is 5.69 Å². The van der Waals surface area contributed by atoms with Gasteiger partial charge in [0.1, 0.15) is 0 Å². The Balaban J connectivity index is 2.07. The fourth-order valence-electron chi connectivity index (χ4n) is 1.73. The molecule has 2 nitrogen and oxygen atoms in total. The summed E-state index contributed by atoms with van der Waals surface area (Å²) in [5.41, 5.74) is 2.08. The average molecular weight is 197 g/mol. The first-order valence-electron chi connectivity index (χ1n) is 5.05. The Morgan fingerprint density at radius 1 is 1.20 bits per heavy atom. The molecule has 74 valence electrons. The molecule has 1 aliphatic heterocycles. The summed E-state index contributed by atoms with van der Waals surface area (Å²) in [6.45, 7) is 0. The van der Waals surface area contributed by atoms with E-state index in [1.165, 1.54) is 0 Å². The second kappa shape index (κ2) is 3.31. The van der Waals surface area contributed by atoms with Gasteiger partial charge < -0.3 is 10.1 Å². The Kier molecular flexibility index (Phi) is 1.85. The molecular weight excluding hydrogens is 186 g/mol. The van der Waals surface area contributed by atoms with E-state index in [0.717, 1.165) is 29.3 Å². The molecule has 2 heteroatoms. The Hall–Kier alpha value is -1.96. The van der Waals surface area contributed by atoms with Crippen molar-refractivity contribution in [3.63, 3.8) is 0 Å². The van der Waals surface area contributed by atoms with E-state index in [-0.39, 0.29) is 0 Å². The molecule has 0 amide bonds. The Morgan fingerprint density at radius 3 is 3.13 bits per heavy atom.